The van der Waals surface area contributed by atoms with Crippen molar-refractivity contribution in [2.45, 2.75) is 76.3 Å². The third-order valence-corrected chi connectivity index (χ3v) is 11.1. The van der Waals surface area contributed by atoms with Crippen molar-refractivity contribution < 1.29 is 20.1 Å². The number of benzene rings is 1. The van der Waals surface area contributed by atoms with Crippen LogP contribution < -0.4 is 4.90 Å². The molecule has 7 rings (SSSR count). The van der Waals surface area contributed by atoms with Crippen LogP contribution >= 0.6 is 0 Å². The smallest absolute Gasteiger partial charge is 0.231 e. The summed E-state index contributed by atoms with van der Waals surface area (Å²) in [6.07, 6.45) is 7.01. The summed E-state index contributed by atoms with van der Waals surface area (Å²) in [5.74, 6) is 2.68. The number of nitrogens with zero attached hydrogens (tertiary/aromatic N) is 3. The van der Waals surface area contributed by atoms with E-state index in [2.05, 4.69) is 28.9 Å². The third kappa shape index (κ3) is 3.64. The summed E-state index contributed by atoms with van der Waals surface area (Å²) < 4.78 is 1.79. The third-order valence-electron chi connectivity index (χ3n) is 11.1. The van der Waals surface area contributed by atoms with Crippen LogP contribution in [0.2, 0.25) is 0 Å². The Morgan fingerprint density at radius 3 is 2.34 bits per heavy atom. The highest BCUT2D eigenvalue weighted by atomic mass is 16.3. The molecule has 204 valence electrons. The Morgan fingerprint density at radius 2 is 1.61 bits per heavy atom. The Hall–Kier alpha value is -2.51. The number of aliphatic hydroxyl groups is 1. The number of likely N-dealkylation sites (tertiary alicyclic amines) is 1. The first-order chi connectivity index (χ1) is 18.5. The van der Waals surface area contributed by atoms with Crippen molar-refractivity contribution in [1.29, 1.82) is 0 Å². The number of anilines is 1. The molecule has 2 saturated carbocycles. The second-order valence-electron chi connectivity index (χ2n) is 12.8. The molecular formula is C31H41N3O4. The number of hydrogen-bond acceptors (Lipinski definition) is 5. The van der Waals surface area contributed by atoms with Gasteiger partial charge in [0.25, 0.3) is 0 Å². The first kappa shape index (κ1) is 24.5. The highest BCUT2D eigenvalue weighted by molar-refractivity contribution is 6.01. The van der Waals surface area contributed by atoms with Crippen LogP contribution in [-0.4, -0.2) is 63.0 Å². The number of hydrogen-bond donors (Lipinski definition) is 3. The fourth-order valence-electron chi connectivity index (χ4n) is 9.07. The standard InChI is InChI=1S/C31H41N3O4/c1-18-23-14-24(25(18)17-35)29-28(23)30(37)33(31(29)38)16-21-7-4-6-20(21)15-32-11-9-22(10-12-32)34-26-8-3-2-5-19(26)13-27(34)36/h2-3,5,8,18,20-25,35,37-38H,4,6-7,9-17H2,1H3/t18?,20-,21-,23?,24?,25?/m1/s1. The number of aromatic nitrogens is 1. The molecule has 3 fully saturated rings. The molecule has 1 amide bonds. The van der Waals surface area contributed by atoms with Crippen LogP contribution in [0.25, 0.3) is 0 Å². The number of piperidine rings is 1. The average Bonchev–Trinajstić information content (AvgIpc) is 3.71. The summed E-state index contributed by atoms with van der Waals surface area (Å²) in [5, 5.41) is 32.4. The SMILES string of the molecule is CC1C2CC(c3c2c(O)n(C[C@H]2CCC[C@@H]2CN2CCC(N4C(=O)Cc5ccccc54)CC2)c3O)C1CO. The van der Waals surface area contributed by atoms with Gasteiger partial charge < -0.3 is 25.1 Å². The monoisotopic (exact) mass is 519 g/mol. The zero-order valence-corrected chi connectivity index (χ0v) is 22.4. The maximum absolute atomic E-state index is 12.8. The Morgan fingerprint density at radius 1 is 0.921 bits per heavy atom. The van der Waals surface area contributed by atoms with Gasteiger partial charge in [0, 0.05) is 55.6 Å². The molecule has 3 heterocycles. The molecule has 0 spiro atoms. The van der Waals surface area contributed by atoms with Crippen LogP contribution in [0, 0.1) is 23.7 Å². The minimum atomic E-state index is 0.146. The highest BCUT2D eigenvalue weighted by Gasteiger charge is 2.53. The molecule has 7 nitrogen and oxygen atoms in total. The molecular weight excluding hydrogens is 478 g/mol. The Labute approximate surface area is 225 Å². The van der Waals surface area contributed by atoms with Gasteiger partial charge in [-0.1, -0.05) is 31.5 Å². The predicted molar refractivity (Wildman–Crippen MR) is 146 cm³/mol. The number of para-hydroxylation sites is 1. The highest BCUT2D eigenvalue weighted by Crippen LogP contribution is 2.64. The van der Waals surface area contributed by atoms with Crippen molar-refractivity contribution in [1.82, 2.24) is 9.47 Å². The van der Waals surface area contributed by atoms with Crippen LogP contribution in [0.3, 0.4) is 0 Å². The second kappa shape index (κ2) is 9.30. The zero-order valence-electron chi connectivity index (χ0n) is 22.4. The van der Waals surface area contributed by atoms with Gasteiger partial charge in [0.15, 0.2) is 11.8 Å². The van der Waals surface area contributed by atoms with Gasteiger partial charge in [-0.05, 0) is 79.2 Å². The van der Waals surface area contributed by atoms with Crippen molar-refractivity contribution in [3.8, 4) is 11.8 Å². The maximum Gasteiger partial charge on any atom is 0.231 e. The van der Waals surface area contributed by atoms with Crippen LogP contribution in [0.5, 0.6) is 11.8 Å². The fraction of sp³-hybridized carbons (Fsp3) is 0.645. The van der Waals surface area contributed by atoms with E-state index in [1.165, 1.54) is 12.8 Å². The molecule has 1 aromatic carbocycles. The second-order valence-corrected chi connectivity index (χ2v) is 12.8. The quantitative estimate of drug-likeness (QED) is 0.532. The van der Waals surface area contributed by atoms with Crippen LogP contribution in [0.15, 0.2) is 24.3 Å². The van der Waals surface area contributed by atoms with Gasteiger partial charge in [-0.25, -0.2) is 0 Å². The molecule has 1 aromatic heterocycles. The number of aromatic hydroxyl groups is 2. The van der Waals surface area contributed by atoms with E-state index in [4.69, 9.17) is 0 Å². The lowest BCUT2D eigenvalue weighted by Crippen LogP contribution is -2.47. The van der Waals surface area contributed by atoms with E-state index in [9.17, 15) is 20.1 Å². The summed E-state index contributed by atoms with van der Waals surface area (Å²) in [6, 6.07) is 8.51. The van der Waals surface area contributed by atoms with E-state index in [-0.39, 0.29) is 42.0 Å². The fourth-order valence-corrected chi connectivity index (χ4v) is 9.07. The predicted octanol–water partition coefficient (Wildman–Crippen LogP) is 4.20. The van der Waals surface area contributed by atoms with E-state index in [0.717, 1.165) is 67.7 Å². The van der Waals surface area contributed by atoms with Gasteiger partial charge in [-0.15, -0.1) is 0 Å². The van der Waals surface area contributed by atoms with Gasteiger partial charge in [0.2, 0.25) is 5.91 Å². The molecule has 7 heteroatoms. The lowest BCUT2D eigenvalue weighted by Gasteiger charge is -2.38. The largest absolute Gasteiger partial charge is 0.494 e. The molecule has 4 unspecified atom stereocenters. The Kier molecular flexibility index (Phi) is 6.00. The summed E-state index contributed by atoms with van der Waals surface area (Å²) in [4.78, 5) is 17.4. The normalized spacial score (nSPS) is 32.9. The molecule has 6 atom stereocenters. The molecule has 0 radical (unpaired) electrons. The van der Waals surface area contributed by atoms with E-state index < -0.39 is 0 Å². The van der Waals surface area contributed by atoms with Crippen molar-refractivity contribution in [2.75, 3.05) is 31.1 Å². The van der Waals surface area contributed by atoms with Crippen molar-refractivity contribution in [3.05, 3.63) is 41.0 Å². The number of rotatable bonds is 6. The van der Waals surface area contributed by atoms with E-state index in [1.54, 1.807) is 4.57 Å². The molecule has 3 aliphatic carbocycles. The van der Waals surface area contributed by atoms with E-state index in [1.807, 2.05) is 12.1 Å². The number of amides is 1. The minimum absolute atomic E-state index is 0.146. The van der Waals surface area contributed by atoms with Crippen LogP contribution in [-0.2, 0) is 17.8 Å². The summed E-state index contributed by atoms with van der Waals surface area (Å²) >= 11 is 0. The summed E-state index contributed by atoms with van der Waals surface area (Å²) in [5.41, 5.74) is 4.14. The lowest BCUT2D eigenvalue weighted by atomic mass is 9.78. The van der Waals surface area contributed by atoms with Gasteiger partial charge in [-0.2, -0.15) is 0 Å². The lowest BCUT2D eigenvalue weighted by molar-refractivity contribution is -0.118. The summed E-state index contributed by atoms with van der Waals surface area (Å²) in [7, 11) is 0. The molecule has 5 aliphatic rings. The first-order valence-corrected chi connectivity index (χ1v) is 14.8. The van der Waals surface area contributed by atoms with Crippen LogP contribution in [0.4, 0.5) is 5.69 Å². The molecule has 3 N–H and O–H groups in total. The van der Waals surface area contributed by atoms with Gasteiger partial charge in [0.05, 0.1) is 6.42 Å². The van der Waals surface area contributed by atoms with Gasteiger partial charge in [0.1, 0.15) is 0 Å². The van der Waals surface area contributed by atoms with E-state index >= 15 is 0 Å². The Balaban J connectivity index is 1.01. The first-order valence-electron chi connectivity index (χ1n) is 14.8. The minimum Gasteiger partial charge on any atom is -0.494 e. The van der Waals surface area contributed by atoms with Crippen molar-refractivity contribution in [2.24, 2.45) is 23.7 Å². The number of carbonyl (C=O) groups excluding carboxylic acids is 1. The van der Waals surface area contributed by atoms with Crippen LogP contribution in [0.1, 0.15) is 74.0 Å². The van der Waals surface area contributed by atoms with E-state index in [0.29, 0.717) is 36.8 Å². The molecule has 2 aliphatic heterocycles. The molecule has 38 heavy (non-hydrogen) atoms. The topological polar surface area (TPSA) is 89.2 Å². The number of carbonyl (C=O) groups is 1. The van der Waals surface area contributed by atoms with Gasteiger partial charge in [-0.3, -0.25) is 9.36 Å². The maximum atomic E-state index is 12.8. The number of fused-ring (bicyclic) bond motifs is 6. The zero-order chi connectivity index (χ0) is 26.1. The average molecular weight is 520 g/mol. The Bertz CT molecular complexity index is 1230. The van der Waals surface area contributed by atoms with Crippen molar-refractivity contribution in [3.63, 3.8) is 0 Å². The molecule has 2 bridgehead atoms. The van der Waals surface area contributed by atoms with Gasteiger partial charge >= 0.3 is 0 Å². The molecule has 2 aromatic rings. The number of aliphatic hydroxyl groups excluding tert-OH is 1. The van der Waals surface area contributed by atoms with Crippen molar-refractivity contribution >= 4 is 11.6 Å². The summed E-state index contributed by atoms with van der Waals surface area (Å²) in [6.45, 7) is 6.07. The molecule has 1 saturated heterocycles.